The average Bonchev–Trinajstić information content (AvgIpc) is 3.25. The van der Waals surface area contributed by atoms with Gasteiger partial charge in [-0.1, -0.05) is 56.6 Å². The van der Waals surface area contributed by atoms with Gasteiger partial charge in [0.2, 0.25) is 0 Å². The Morgan fingerprint density at radius 2 is 1.81 bits per heavy atom. The molecule has 0 atom stereocenters. The van der Waals surface area contributed by atoms with Crippen molar-refractivity contribution in [3.8, 4) is 11.4 Å². The maximum atomic E-state index is 6.32. The number of nitrogens with zero attached hydrogens (tertiary/aromatic N) is 2. The molecular formula is C17H18BrClN2. The third kappa shape index (κ3) is 3.00. The van der Waals surface area contributed by atoms with Crippen LogP contribution in [0.2, 0.25) is 5.15 Å². The quantitative estimate of drug-likeness (QED) is 0.635. The number of hydrogen-bond donors (Lipinski definition) is 0. The van der Waals surface area contributed by atoms with E-state index in [0.717, 1.165) is 21.6 Å². The Morgan fingerprint density at radius 3 is 2.43 bits per heavy atom. The Morgan fingerprint density at radius 1 is 1.14 bits per heavy atom. The highest BCUT2D eigenvalue weighted by Gasteiger charge is 2.28. The third-order valence-electron chi connectivity index (χ3n) is 3.74. The van der Waals surface area contributed by atoms with Gasteiger partial charge in [-0.15, -0.1) is 0 Å². The summed E-state index contributed by atoms with van der Waals surface area (Å²) in [6, 6.07) is 8.41. The molecule has 0 N–H and O–H groups in total. The largest absolute Gasteiger partial charge is 0.231 e. The first-order chi connectivity index (χ1) is 9.88. The van der Waals surface area contributed by atoms with Crippen LogP contribution in [0.25, 0.3) is 11.4 Å². The zero-order valence-electron chi connectivity index (χ0n) is 12.5. The Labute approximate surface area is 139 Å². The number of halogens is 2. The molecule has 0 radical (unpaired) electrons. The van der Waals surface area contributed by atoms with Crippen LogP contribution in [0.4, 0.5) is 0 Å². The molecule has 21 heavy (non-hydrogen) atoms. The fourth-order valence-corrected chi connectivity index (χ4v) is 3.43. The normalized spacial score (nSPS) is 15.3. The molecule has 110 valence electrons. The molecule has 0 saturated heterocycles. The minimum atomic E-state index is -0.0886. The first kappa shape index (κ1) is 15.0. The van der Waals surface area contributed by atoms with Crippen LogP contribution >= 0.6 is 27.5 Å². The predicted octanol–water partition coefficient (Wildman–Crippen LogP) is 5.73. The summed E-state index contributed by atoms with van der Waals surface area (Å²) < 4.78 is 0.796. The van der Waals surface area contributed by atoms with Crippen LogP contribution in [0.5, 0.6) is 0 Å². The molecule has 2 aromatic rings. The van der Waals surface area contributed by atoms with E-state index in [2.05, 4.69) is 59.9 Å². The van der Waals surface area contributed by atoms with Gasteiger partial charge in [-0.2, -0.15) is 0 Å². The van der Waals surface area contributed by atoms with Crippen molar-refractivity contribution in [1.29, 1.82) is 0 Å². The van der Waals surface area contributed by atoms with Crippen molar-refractivity contribution in [2.24, 2.45) is 0 Å². The molecule has 3 rings (SSSR count). The summed E-state index contributed by atoms with van der Waals surface area (Å²) in [6.45, 7) is 6.40. The van der Waals surface area contributed by atoms with Crippen LogP contribution in [0.15, 0.2) is 28.7 Å². The molecule has 1 aromatic heterocycles. The summed E-state index contributed by atoms with van der Waals surface area (Å²) >= 11 is 9.85. The van der Waals surface area contributed by atoms with Gasteiger partial charge in [0.15, 0.2) is 5.82 Å². The van der Waals surface area contributed by atoms with E-state index in [9.17, 15) is 0 Å². The van der Waals surface area contributed by atoms with Crippen LogP contribution in [-0.2, 0) is 5.41 Å². The van der Waals surface area contributed by atoms with Crippen molar-refractivity contribution in [2.75, 3.05) is 0 Å². The second-order valence-electron chi connectivity index (χ2n) is 6.61. The van der Waals surface area contributed by atoms with E-state index in [-0.39, 0.29) is 5.41 Å². The lowest BCUT2D eigenvalue weighted by molar-refractivity contribution is 0.564. The van der Waals surface area contributed by atoms with E-state index in [4.69, 9.17) is 16.6 Å². The fraction of sp³-hybridized carbons (Fsp3) is 0.412. The Hall–Kier alpha value is -0.930. The average molecular weight is 366 g/mol. The van der Waals surface area contributed by atoms with Crippen molar-refractivity contribution in [2.45, 2.75) is 44.9 Å². The zero-order chi connectivity index (χ0) is 15.2. The van der Waals surface area contributed by atoms with Crippen molar-refractivity contribution >= 4 is 27.5 Å². The number of benzene rings is 1. The number of rotatable bonds is 2. The third-order valence-corrected chi connectivity index (χ3v) is 4.99. The molecule has 4 heteroatoms. The first-order valence-corrected chi connectivity index (χ1v) is 8.38. The molecule has 0 bridgehead atoms. The van der Waals surface area contributed by atoms with Gasteiger partial charge in [-0.25, -0.2) is 9.97 Å². The molecule has 0 unspecified atom stereocenters. The van der Waals surface area contributed by atoms with E-state index < -0.39 is 0 Å². The lowest BCUT2D eigenvalue weighted by atomic mass is 9.91. The Bertz CT molecular complexity index is 688. The Kier molecular flexibility index (Phi) is 3.83. The number of hydrogen-bond acceptors (Lipinski definition) is 2. The molecule has 0 amide bonds. The van der Waals surface area contributed by atoms with Crippen molar-refractivity contribution in [3.05, 3.63) is 45.1 Å². The molecular weight excluding hydrogens is 348 g/mol. The second kappa shape index (κ2) is 5.36. The first-order valence-electron chi connectivity index (χ1n) is 7.20. The highest BCUT2D eigenvalue weighted by Crippen LogP contribution is 2.44. The van der Waals surface area contributed by atoms with Gasteiger partial charge in [0, 0.05) is 11.0 Å². The van der Waals surface area contributed by atoms with Gasteiger partial charge >= 0.3 is 0 Å². The maximum absolute atomic E-state index is 6.32. The second-order valence-corrected chi connectivity index (χ2v) is 7.76. The lowest BCUT2D eigenvalue weighted by Crippen LogP contribution is -2.16. The minimum absolute atomic E-state index is 0.0886. The summed E-state index contributed by atoms with van der Waals surface area (Å²) in [5.41, 5.74) is 3.31. The van der Waals surface area contributed by atoms with Crippen LogP contribution < -0.4 is 0 Å². The van der Waals surface area contributed by atoms with Gasteiger partial charge in [-0.05, 0) is 40.3 Å². The molecule has 1 fully saturated rings. The molecule has 1 saturated carbocycles. The molecule has 0 spiro atoms. The SMILES string of the molecule is CC(C)(C)c1nc(-c2ccccc2C2CC2)nc(Cl)c1Br. The van der Waals surface area contributed by atoms with E-state index >= 15 is 0 Å². The topological polar surface area (TPSA) is 25.8 Å². The predicted molar refractivity (Wildman–Crippen MR) is 90.9 cm³/mol. The number of aromatic nitrogens is 2. The monoisotopic (exact) mass is 364 g/mol. The van der Waals surface area contributed by atoms with Gasteiger partial charge in [0.05, 0.1) is 10.2 Å². The van der Waals surface area contributed by atoms with Gasteiger partial charge in [0.25, 0.3) is 0 Å². The summed E-state index contributed by atoms with van der Waals surface area (Å²) in [6.07, 6.45) is 2.51. The Balaban J connectivity index is 2.18. The van der Waals surface area contributed by atoms with Gasteiger partial charge in [-0.3, -0.25) is 0 Å². The fourth-order valence-electron chi connectivity index (χ4n) is 2.49. The summed E-state index contributed by atoms with van der Waals surface area (Å²) in [4.78, 5) is 9.30. The van der Waals surface area contributed by atoms with Gasteiger partial charge < -0.3 is 0 Å². The van der Waals surface area contributed by atoms with Crippen molar-refractivity contribution in [3.63, 3.8) is 0 Å². The molecule has 0 aliphatic heterocycles. The van der Waals surface area contributed by atoms with Crippen molar-refractivity contribution < 1.29 is 0 Å². The minimum Gasteiger partial charge on any atom is -0.231 e. The molecule has 1 aliphatic rings. The molecule has 1 aromatic carbocycles. The molecule has 2 nitrogen and oxygen atoms in total. The van der Waals surface area contributed by atoms with E-state index in [0.29, 0.717) is 11.1 Å². The highest BCUT2D eigenvalue weighted by molar-refractivity contribution is 9.10. The molecule has 1 heterocycles. The van der Waals surface area contributed by atoms with Crippen LogP contribution in [0, 0.1) is 0 Å². The molecule has 1 aliphatic carbocycles. The lowest BCUT2D eigenvalue weighted by Gasteiger charge is -2.21. The van der Waals surface area contributed by atoms with E-state index in [1.165, 1.54) is 18.4 Å². The zero-order valence-corrected chi connectivity index (χ0v) is 14.8. The summed E-state index contributed by atoms with van der Waals surface area (Å²) in [7, 11) is 0. The van der Waals surface area contributed by atoms with Crippen LogP contribution in [0.3, 0.4) is 0 Å². The highest BCUT2D eigenvalue weighted by atomic mass is 79.9. The maximum Gasteiger partial charge on any atom is 0.161 e. The standard InChI is InChI=1S/C17H18BrClN2/c1-17(2,3)14-13(18)15(19)21-16(20-14)12-7-5-4-6-11(12)10-8-9-10/h4-7,10H,8-9H2,1-3H3. The van der Waals surface area contributed by atoms with Crippen LogP contribution in [0.1, 0.15) is 50.8 Å². The van der Waals surface area contributed by atoms with E-state index in [1.54, 1.807) is 0 Å². The van der Waals surface area contributed by atoms with Crippen molar-refractivity contribution in [1.82, 2.24) is 9.97 Å². The summed E-state index contributed by atoms with van der Waals surface area (Å²) in [5.74, 6) is 1.39. The summed E-state index contributed by atoms with van der Waals surface area (Å²) in [5, 5.41) is 0.482. The smallest absolute Gasteiger partial charge is 0.161 e. The van der Waals surface area contributed by atoms with Gasteiger partial charge in [0.1, 0.15) is 5.15 Å². The van der Waals surface area contributed by atoms with E-state index in [1.807, 2.05) is 6.07 Å². The van der Waals surface area contributed by atoms with Crippen LogP contribution in [-0.4, -0.2) is 9.97 Å².